The molecule has 3 heterocycles. The lowest BCUT2D eigenvalue weighted by Crippen LogP contribution is -2.36. The van der Waals surface area contributed by atoms with Crippen LogP contribution in [0.2, 0.25) is 0 Å². The number of ether oxygens (including phenoxy) is 1. The molecule has 3 aromatic rings. The molecule has 134 valence electrons. The van der Waals surface area contributed by atoms with Gasteiger partial charge in [0, 0.05) is 43.6 Å². The lowest BCUT2D eigenvalue weighted by molar-refractivity contribution is -0.132. The molecule has 0 spiro atoms. The second kappa shape index (κ2) is 7.47. The number of aryl methyl sites for hydroxylation is 1. The van der Waals surface area contributed by atoms with Crippen molar-refractivity contribution >= 4 is 5.91 Å². The van der Waals surface area contributed by atoms with Crippen molar-refractivity contribution in [1.82, 2.24) is 15.1 Å². The van der Waals surface area contributed by atoms with E-state index in [0.29, 0.717) is 32.5 Å². The summed E-state index contributed by atoms with van der Waals surface area (Å²) in [6, 6.07) is 13.4. The number of nitrogens with one attached hydrogen (secondary N) is 1. The molecule has 6 nitrogen and oxygen atoms in total. The van der Waals surface area contributed by atoms with E-state index in [1.807, 2.05) is 47.4 Å². The van der Waals surface area contributed by atoms with Crippen LogP contribution in [0.3, 0.4) is 0 Å². The van der Waals surface area contributed by atoms with Gasteiger partial charge in [0.15, 0.2) is 0 Å². The Morgan fingerprint density at radius 3 is 2.92 bits per heavy atom. The number of fused-ring (bicyclic) bond motifs is 1. The van der Waals surface area contributed by atoms with Crippen LogP contribution in [0.5, 0.6) is 5.75 Å². The fourth-order valence-electron chi connectivity index (χ4n) is 3.20. The highest BCUT2D eigenvalue weighted by Gasteiger charge is 2.25. The molecule has 1 aromatic carbocycles. The van der Waals surface area contributed by atoms with Crippen LogP contribution in [0, 0.1) is 0 Å². The summed E-state index contributed by atoms with van der Waals surface area (Å²) in [5.74, 6) is 1.80. The average molecular weight is 351 g/mol. The van der Waals surface area contributed by atoms with Gasteiger partial charge in [-0.15, -0.1) is 0 Å². The third-order valence-corrected chi connectivity index (χ3v) is 4.66. The molecule has 1 aliphatic rings. The second-order valence-corrected chi connectivity index (χ2v) is 6.37. The molecule has 0 saturated carbocycles. The first-order valence-electron chi connectivity index (χ1n) is 8.82. The van der Waals surface area contributed by atoms with E-state index in [9.17, 15) is 4.79 Å². The Morgan fingerprint density at radius 2 is 2.12 bits per heavy atom. The smallest absolute Gasteiger partial charge is 0.223 e. The van der Waals surface area contributed by atoms with Gasteiger partial charge in [-0.1, -0.05) is 18.2 Å². The molecule has 0 unspecified atom stereocenters. The van der Waals surface area contributed by atoms with E-state index in [2.05, 4.69) is 10.2 Å². The highest BCUT2D eigenvalue weighted by molar-refractivity contribution is 5.76. The minimum Gasteiger partial charge on any atom is -0.487 e. The number of H-pyrrole nitrogens is 1. The van der Waals surface area contributed by atoms with Gasteiger partial charge >= 0.3 is 0 Å². The van der Waals surface area contributed by atoms with Crippen molar-refractivity contribution in [3.63, 3.8) is 0 Å². The fourth-order valence-corrected chi connectivity index (χ4v) is 3.20. The number of hydrogen-bond acceptors (Lipinski definition) is 4. The van der Waals surface area contributed by atoms with Gasteiger partial charge in [-0.2, -0.15) is 5.10 Å². The van der Waals surface area contributed by atoms with Gasteiger partial charge in [0.25, 0.3) is 0 Å². The highest BCUT2D eigenvalue weighted by Crippen LogP contribution is 2.22. The Bertz CT molecular complexity index is 856. The maximum absolute atomic E-state index is 12.5. The molecule has 26 heavy (non-hydrogen) atoms. The quantitative estimate of drug-likeness (QED) is 0.741. The fraction of sp³-hybridized carbons (Fsp3) is 0.300. The van der Waals surface area contributed by atoms with Crippen LogP contribution < -0.4 is 4.74 Å². The maximum atomic E-state index is 12.5. The highest BCUT2D eigenvalue weighted by atomic mass is 16.5. The summed E-state index contributed by atoms with van der Waals surface area (Å²) < 4.78 is 11.1. The molecule has 1 amide bonds. The van der Waals surface area contributed by atoms with E-state index in [-0.39, 0.29) is 5.91 Å². The Hall–Kier alpha value is -3.02. The Kier molecular flexibility index (Phi) is 4.73. The molecular formula is C20H21N3O3. The molecule has 0 atom stereocenters. The van der Waals surface area contributed by atoms with Crippen LogP contribution in [0.1, 0.15) is 29.1 Å². The Morgan fingerprint density at radius 1 is 1.23 bits per heavy atom. The first-order chi connectivity index (χ1) is 12.8. The van der Waals surface area contributed by atoms with Gasteiger partial charge in [-0.3, -0.25) is 9.89 Å². The summed E-state index contributed by atoms with van der Waals surface area (Å²) in [5, 5.41) is 7.48. The van der Waals surface area contributed by atoms with Crippen molar-refractivity contribution in [3.8, 4) is 5.75 Å². The molecule has 0 bridgehead atoms. The van der Waals surface area contributed by atoms with Crippen molar-refractivity contribution in [2.45, 2.75) is 32.4 Å². The number of para-hydroxylation sites is 1. The molecule has 0 aliphatic carbocycles. The Labute approximate surface area is 151 Å². The zero-order valence-corrected chi connectivity index (χ0v) is 14.5. The van der Waals surface area contributed by atoms with Gasteiger partial charge < -0.3 is 14.1 Å². The van der Waals surface area contributed by atoms with Gasteiger partial charge in [-0.05, 0) is 24.3 Å². The van der Waals surface area contributed by atoms with Crippen LogP contribution in [0.4, 0.5) is 0 Å². The van der Waals surface area contributed by atoms with Crippen LogP contribution in [0.15, 0.2) is 53.1 Å². The largest absolute Gasteiger partial charge is 0.487 e. The van der Waals surface area contributed by atoms with Crippen molar-refractivity contribution in [1.29, 1.82) is 0 Å². The number of hydrogen-bond donors (Lipinski definition) is 1. The minimum absolute atomic E-state index is 0.142. The lowest BCUT2D eigenvalue weighted by atomic mass is 10.0. The van der Waals surface area contributed by atoms with E-state index in [0.717, 1.165) is 34.9 Å². The van der Waals surface area contributed by atoms with Crippen LogP contribution in [0.25, 0.3) is 0 Å². The molecular weight excluding hydrogens is 330 g/mol. The van der Waals surface area contributed by atoms with E-state index in [4.69, 9.17) is 9.15 Å². The first kappa shape index (κ1) is 16.4. The number of carbonyl (C=O) groups is 1. The Balaban J connectivity index is 1.38. The van der Waals surface area contributed by atoms with E-state index >= 15 is 0 Å². The predicted molar refractivity (Wildman–Crippen MR) is 95.5 cm³/mol. The molecule has 0 fully saturated rings. The number of rotatable bonds is 6. The number of aromatic amines is 1. The van der Waals surface area contributed by atoms with Crippen LogP contribution in [-0.4, -0.2) is 27.5 Å². The van der Waals surface area contributed by atoms with Crippen molar-refractivity contribution < 1.29 is 13.9 Å². The second-order valence-electron chi connectivity index (χ2n) is 6.37. The van der Waals surface area contributed by atoms with Crippen molar-refractivity contribution in [2.75, 3.05) is 6.54 Å². The number of furan rings is 1. The van der Waals surface area contributed by atoms with Gasteiger partial charge in [-0.25, -0.2) is 0 Å². The van der Waals surface area contributed by atoms with Gasteiger partial charge in [0.2, 0.25) is 5.91 Å². The summed E-state index contributed by atoms with van der Waals surface area (Å²) in [6.07, 6.45) is 3.51. The monoisotopic (exact) mass is 351 g/mol. The summed E-state index contributed by atoms with van der Waals surface area (Å²) in [7, 11) is 0. The topological polar surface area (TPSA) is 71.4 Å². The van der Waals surface area contributed by atoms with Gasteiger partial charge in [0.1, 0.15) is 23.8 Å². The summed E-state index contributed by atoms with van der Waals surface area (Å²) in [4.78, 5) is 14.4. The summed E-state index contributed by atoms with van der Waals surface area (Å²) >= 11 is 0. The third kappa shape index (κ3) is 3.64. The summed E-state index contributed by atoms with van der Waals surface area (Å²) in [6.45, 7) is 1.69. The van der Waals surface area contributed by atoms with E-state index < -0.39 is 0 Å². The number of benzene rings is 1. The number of amides is 1. The predicted octanol–water partition coefficient (Wildman–Crippen LogP) is 3.10. The molecule has 4 rings (SSSR count). The first-order valence-corrected chi connectivity index (χ1v) is 8.82. The molecule has 0 saturated heterocycles. The van der Waals surface area contributed by atoms with Crippen molar-refractivity contribution in [2.24, 2.45) is 0 Å². The van der Waals surface area contributed by atoms with E-state index in [1.54, 1.807) is 6.26 Å². The normalized spacial score (nSPS) is 13.5. The van der Waals surface area contributed by atoms with Crippen LogP contribution in [-0.2, 0) is 30.8 Å². The lowest BCUT2D eigenvalue weighted by Gasteiger charge is -2.27. The molecule has 0 radical (unpaired) electrons. The standard InChI is InChI=1S/C20H21N3O3/c24-20(9-8-16-7-4-12-25-16)23-11-10-18-17(13-23)19(22-21-18)14-26-15-5-2-1-3-6-15/h1-7,12H,8-11,13-14H2,(H,21,22). The molecule has 1 aliphatic heterocycles. The average Bonchev–Trinajstić information content (AvgIpc) is 3.34. The number of aromatic nitrogens is 2. The zero-order valence-electron chi connectivity index (χ0n) is 14.5. The molecule has 2 aromatic heterocycles. The minimum atomic E-state index is 0.142. The van der Waals surface area contributed by atoms with Gasteiger partial charge in [0.05, 0.1) is 6.26 Å². The summed E-state index contributed by atoms with van der Waals surface area (Å²) in [5.41, 5.74) is 3.05. The van der Waals surface area contributed by atoms with E-state index in [1.165, 1.54) is 0 Å². The van der Waals surface area contributed by atoms with Crippen LogP contribution >= 0.6 is 0 Å². The molecule has 6 heteroatoms. The number of carbonyl (C=O) groups excluding carboxylic acids is 1. The third-order valence-electron chi connectivity index (χ3n) is 4.66. The molecule has 1 N–H and O–H groups in total. The SMILES string of the molecule is O=C(CCc1ccco1)N1CCc2[nH]nc(COc3ccccc3)c2C1. The zero-order chi connectivity index (χ0) is 17.8. The van der Waals surface area contributed by atoms with Crippen molar-refractivity contribution in [3.05, 3.63) is 71.4 Å². The maximum Gasteiger partial charge on any atom is 0.223 e. The number of nitrogens with zero attached hydrogens (tertiary/aromatic N) is 2.